The van der Waals surface area contributed by atoms with Crippen molar-refractivity contribution in [1.82, 2.24) is 24.3 Å². The molecule has 1 spiro atoms. The minimum absolute atomic E-state index is 0.0240. The van der Waals surface area contributed by atoms with E-state index in [0.29, 0.717) is 0 Å². The third-order valence-corrected chi connectivity index (χ3v) is 9.57. The highest BCUT2D eigenvalue weighted by Crippen LogP contribution is 2.53. The fraction of sp³-hybridized carbons (Fsp3) is 0.542. The zero-order valence-corrected chi connectivity index (χ0v) is 22.3. The largest absolute Gasteiger partial charge is 0.598 e. The number of aromatic nitrogens is 4. The summed E-state index contributed by atoms with van der Waals surface area (Å²) in [4.78, 5) is 11.8. The van der Waals surface area contributed by atoms with Gasteiger partial charge < -0.3 is 9.45 Å². The van der Waals surface area contributed by atoms with E-state index in [0.717, 1.165) is 59.7 Å². The Kier molecular flexibility index (Phi) is 5.75. The first-order valence-electron chi connectivity index (χ1n) is 11.5. The van der Waals surface area contributed by atoms with Crippen LogP contribution in [-0.2, 0) is 17.8 Å². The topological polar surface area (TPSA) is 81.4 Å². The average molecular weight is 532 g/mol. The lowest BCUT2D eigenvalue weighted by atomic mass is 9.73. The summed E-state index contributed by atoms with van der Waals surface area (Å²) in [5, 5.41) is 4.46. The number of fused-ring (bicyclic) bond motifs is 2. The van der Waals surface area contributed by atoms with E-state index in [1.54, 1.807) is 0 Å². The molecule has 0 bridgehead atoms. The van der Waals surface area contributed by atoms with Crippen LogP contribution in [0.5, 0.6) is 0 Å². The van der Waals surface area contributed by atoms with Crippen molar-refractivity contribution in [1.29, 1.82) is 0 Å². The SMILES string of the molecule is Cc1cc2c(cn1)CC1(CCN(c3nc(C)c(Br)n4nccc34)CC1)C2N[S@+]([O-])C(C)(C)C. The van der Waals surface area contributed by atoms with Crippen molar-refractivity contribution in [3.8, 4) is 0 Å². The number of rotatable bonds is 3. The quantitative estimate of drug-likeness (QED) is 0.504. The predicted octanol–water partition coefficient (Wildman–Crippen LogP) is 4.44. The van der Waals surface area contributed by atoms with Crippen molar-refractivity contribution in [2.75, 3.05) is 18.0 Å². The lowest BCUT2D eigenvalue weighted by Gasteiger charge is -2.44. The number of hydrogen-bond acceptors (Lipinski definition) is 6. The molecule has 2 atom stereocenters. The van der Waals surface area contributed by atoms with E-state index in [-0.39, 0.29) is 16.2 Å². The van der Waals surface area contributed by atoms with Crippen LogP contribution in [0, 0.1) is 19.3 Å². The van der Waals surface area contributed by atoms with E-state index in [1.165, 1.54) is 11.1 Å². The Morgan fingerprint density at radius 3 is 2.67 bits per heavy atom. The summed E-state index contributed by atoms with van der Waals surface area (Å²) >= 11 is 2.47. The highest BCUT2D eigenvalue weighted by Gasteiger charge is 2.51. The Hall–Kier alpha value is -1.68. The Labute approximate surface area is 206 Å². The zero-order chi connectivity index (χ0) is 23.5. The Morgan fingerprint density at radius 2 is 1.97 bits per heavy atom. The first-order chi connectivity index (χ1) is 15.6. The van der Waals surface area contributed by atoms with Crippen molar-refractivity contribution in [2.24, 2.45) is 5.41 Å². The average Bonchev–Trinajstić information content (AvgIpc) is 3.35. The van der Waals surface area contributed by atoms with Crippen LogP contribution in [0.15, 0.2) is 29.1 Å². The van der Waals surface area contributed by atoms with Gasteiger partial charge in [-0.05, 0) is 93.1 Å². The minimum atomic E-state index is -1.15. The third-order valence-electron chi connectivity index (χ3n) is 7.09. The second-order valence-electron chi connectivity index (χ2n) is 10.4. The van der Waals surface area contributed by atoms with E-state index in [4.69, 9.17) is 4.98 Å². The molecular weight excluding hydrogens is 500 g/mol. The van der Waals surface area contributed by atoms with E-state index in [1.807, 2.05) is 57.6 Å². The second-order valence-corrected chi connectivity index (χ2v) is 13.2. The molecule has 0 aromatic carbocycles. The molecule has 0 amide bonds. The summed E-state index contributed by atoms with van der Waals surface area (Å²) < 4.78 is 19.2. The summed E-state index contributed by atoms with van der Waals surface area (Å²) in [6, 6.07) is 4.27. The molecule has 7 nitrogen and oxygen atoms in total. The number of anilines is 1. The molecule has 1 fully saturated rings. The number of nitrogens with one attached hydrogen (secondary N) is 1. The molecule has 4 heterocycles. The number of aryl methyl sites for hydroxylation is 2. The fourth-order valence-corrected chi connectivity index (χ4v) is 6.53. The molecule has 9 heteroatoms. The van der Waals surface area contributed by atoms with Gasteiger partial charge in [0.15, 0.2) is 5.82 Å². The van der Waals surface area contributed by atoms with Crippen LogP contribution in [0.1, 0.15) is 62.2 Å². The summed E-state index contributed by atoms with van der Waals surface area (Å²) in [6.07, 6.45) is 6.81. The van der Waals surface area contributed by atoms with Gasteiger partial charge in [-0.1, -0.05) is 0 Å². The van der Waals surface area contributed by atoms with Crippen molar-refractivity contribution >= 4 is 38.6 Å². The molecule has 1 aliphatic carbocycles. The van der Waals surface area contributed by atoms with Gasteiger partial charge in [0.1, 0.15) is 14.9 Å². The maximum absolute atomic E-state index is 13.2. The molecule has 1 unspecified atom stereocenters. The van der Waals surface area contributed by atoms with Crippen LogP contribution in [0.4, 0.5) is 5.82 Å². The van der Waals surface area contributed by atoms with Crippen LogP contribution < -0.4 is 9.62 Å². The van der Waals surface area contributed by atoms with Crippen LogP contribution in [0.3, 0.4) is 0 Å². The van der Waals surface area contributed by atoms with Crippen molar-refractivity contribution in [2.45, 2.75) is 64.7 Å². The normalized spacial score (nSPS) is 21.1. The first-order valence-corrected chi connectivity index (χ1v) is 13.4. The number of nitrogens with zero attached hydrogens (tertiary/aromatic N) is 5. The molecule has 176 valence electrons. The molecule has 1 N–H and O–H groups in total. The van der Waals surface area contributed by atoms with E-state index >= 15 is 0 Å². The molecule has 2 aliphatic rings. The van der Waals surface area contributed by atoms with Crippen molar-refractivity contribution in [3.05, 3.63) is 51.6 Å². The summed E-state index contributed by atoms with van der Waals surface area (Å²) in [7, 11) is 0. The Balaban J connectivity index is 1.45. The van der Waals surface area contributed by atoms with Gasteiger partial charge in [0.05, 0.1) is 17.9 Å². The number of hydrogen-bond donors (Lipinski definition) is 1. The molecule has 3 aromatic heterocycles. The highest BCUT2D eigenvalue weighted by molar-refractivity contribution is 9.10. The molecule has 5 rings (SSSR count). The van der Waals surface area contributed by atoms with Crippen LogP contribution in [-0.4, -0.2) is 42.0 Å². The van der Waals surface area contributed by atoms with Crippen LogP contribution in [0.2, 0.25) is 0 Å². The second kappa shape index (κ2) is 8.22. The maximum atomic E-state index is 13.2. The first kappa shape index (κ1) is 23.1. The van der Waals surface area contributed by atoms with Gasteiger partial charge in [-0.3, -0.25) is 4.98 Å². The van der Waals surface area contributed by atoms with Crippen LogP contribution in [0.25, 0.3) is 5.52 Å². The molecule has 3 aromatic rings. The fourth-order valence-electron chi connectivity index (χ4n) is 5.22. The molecule has 0 saturated carbocycles. The molecule has 33 heavy (non-hydrogen) atoms. The number of halogens is 1. The Morgan fingerprint density at radius 1 is 1.24 bits per heavy atom. The van der Waals surface area contributed by atoms with Gasteiger partial charge in [0.25, 0.3) is 0 Å². The van der Waals surface area contributed by atoms with E-state index in [2.05, 4.69) is 41.7 Å². The standard InChI is InChI=1S/C24H31BrN6OS/c1-15-12-18-17(14-26-15)13-24(20(18)29-33(32)23(3,4)5)7-10-30(11-8-24)22-19-6-9-27-31(19)21(25)16(2)28-22/h6,9,12,14,20,29H,7-8,10-11,13H2,1-5H3/t20?,33-/m1/s1. The molecule has 1 saturated heterocycles. The van der Waals surface area contributed by atoms with Crippen molar-refractivity contribution < 1.29 is 4.55 Å². The summed E-state index contributed by atoms with van der Waals surface area (Å²) in [5.74, 6) is 0.985. The lowest BCUT2D eigenvalue weighted by Crippen LogP contribution is -2.50. The minimum Gasteiger partial charge on any atom is -0.598 e. The van der Waals surface area contributed by atoms with Crippen molar-refractivity contribution in [3.63, 3.8) is 0 Å². The predicted molar refractivity (Wildman–Crippen MR) is 136 cm³/mol. The maximum Gasteiger partial charge on any atom is 0.155 e. The number of pyridine rings is 1. The molecule has 0 radical (unpaired) electrons. The summed E-state index contributed by atoms with van der Waals surface area (Å²) in [6.45, 7) is 11.9. The zero-order valence-electron chi connectivity index (χ0n) is 19.9. The van der Waals surface area contributed by atoms with Gasteiger partial charge >= 0.3 is 0 Å². The molecule has 1 aliphatic heterocycles. The van der Waals surface area contributed by atoms with Crippen LogP contribution >= 0.6 is 15.9 Å². The van der Waals surface area contributed by atoms with Gasteiger partial charge in [-0.15, -0.1) is 4.72 Å². The highest BCUT2D eigenvalue weighted by atomic mass is 79.9. The van der Waals surface area contributed by atoms with E-state index in [9.17, 15) is 4.55 Å². The Bertz CT molecular complexity index is 1200. The monoisotopic (exact) mass is 530 g/mol. The third kappa shape index (κ3) is 3.96. The lowest BCUT2D eigenvalue weighted by molar-refractivity contribution is 0.176. The van der Waals surface area contributed by atoms with E-state index < -0.39 is 11.4 Å². The smallest absolute Gasteiger partial charge is 0.155 e. The summed E-state index contributed by atoms with van der Waals surface area (Å²) in [5.41, 5.74) is 5.53. The number of piperidine rings is 1. The van der Waals surface area contributed by atoms with Gasteiger partial charge in [-0.25, -0.2) is 9.50 Å². The van der Waals surface area contributed by atoms with Gasteiger partial charge in [-0.2, -0.15) is 5.10 Å². The molecular formula is C24H31BrN6OS. The van der Waals surface area contributed by atoms with Gasteiger partial charge in [0, 0.05) is 41.8 Å². The van der Waals surface area contributed by atoms with Gasteiger partial charge in [0.2, 0.25) is 0 Å².